The monoisotopic (exact) mass is 458 g/mol. The van der Waals surface area contributed by atoms with E-state index in [9.17, 15) is 4.79 Å². The number of pyridine rings is 1. The number of hydrogen-bond acceptors (Lipinski definition) is 5. The maximum Gasteiger partial charge on any atom is 0.258 e. The van der Waals surface area contributed by atoms with Gasteiger partial charge in [-0.3, -0.25) is 18.9 Å². The summed E-state index contributed by atoms with van der Waals surface area (Å²) in [6.07, 6.45) is 4.14. The zero-order valence-electron chi connectivity index (χ0n) is 19.6. The molecule has 0 bridgehead atoms. The Bertz CT molecular complexity index is 1300. The molecule has 1 aliphatic heterocycles. The third-order valence-corrected chi connectivity index (χ3v) is 6.17. The highest BCUT2D eigenvalue weighted by Crippen LogP contribution is 2.19. The van der Waals surface area contributed by atoms with Gasteiger partial charge in [-0.25, -0.2) is 0 Å². The molecule has 1 fully saturated rings. The summed E-state index contributed by atoms with van der Waals surface area (Å²) < 4.78 is 15.3. The first-order chi connectivity index (χ1) is 16.5. The van der Waals surface area contributed by atoms with Crippen molar-refractivity contribution in [3.8, 4) is 11.4 Å². The molecule has 7 heteroatoms. The molecule has 1 aliphatic rings. The number of fused-ring (bicyclic) bond motifs is 1. The lowest BCUT2D eigenvalue weighted by atomic mass is 10.2. The highest BCUT2D eigenvalue weighted by atomic mass is 16.5. The minimum absolute atomic E-state index is 0.132. The molecule has 2 aromatic carbocycles. The van der Waals surface area contributed by atoms with Gasteiger partial charge in [-0.15, -0.1) is 0 Å². The first-order valence-corrected chi connectivity index (χ1v) is 11.8. The van der Waals surface area contributed by atoms with Crippen molar-refractivity contribution in [1.29, 1.82) is 0 Å². The average molecular weight is 459 g/mol. The first kappa shape index (κ1) is 22.4. The van der Waals surface area contributed by atoms with E-state index in [1.54, 1.807) is 10.8 Å². The van der Waals surface area contributed by atoms with Gasteiger partial charge in [0, 0.05) is 43.0 Å². The zero-order chi connectivity index (χ0) is 23.5. The van der Waals surface area contributed by atoms with E-state index in [4.69, 9.17) is 9.47 Å². The number of rotatable bonds is 7. The molecule has 0 spiro atoms. The second kappa shape index (κ2) is 9.83. The molecular weight excluding hydrogens is 428 g/mol. The molecule has 0 aliphatic carbocycles. The Morgan fingerprint density at radius 3 is 2.56 bits per heavy atom. The van der Waals surface area contributed by atoms with E-state index in [2.05, 4.69) is 23.8 Å². The topological polar surface area (TPSA) is 61.5 Å². The summed E-state index contributed by atoms with van der Waals surface area (Å²) in [6.45, 7) is 8.31. The SMILES string of the molecule is C[C@@H]1CN(CCn2ncc3cc(-n4ccc(OCc5ccccc5)cc4=O)ccc32)C[C@H](C)O1. The first-order valence-electron chi connectivity index (χ1n) is 11.8. The summed E-state index contributed by atoms with van der Waals surface area (Å²) in [6, 6.07) is 19.3. The Morgan fingerprint density at radius 1 is 1.00 bits per heavy atom. The van der Waals surface area contributed by atoms with Gasteiger partial charge in [-0.2, -0.15) is 5.10 Å². The van der Waals surface area contributed by atoms with Gasteiger partial charge in [0.25, 0.3) is 5.56 Å². The smallest absolute Gasteiger partial charge is 0.258 e. The van der Waals surface area contributed by atoms with Crippen LogP contribution in [0.25, 0.3) is 16.6 Å². The molecule has 7 nitrogen and oxygen atoms in total. The van der Waals surface area contributed by atoms with Crippen LogP contribution in [-0.2, 0) is 17.9 Å². The van der Waals surface area contributed by atoms with Crippen LogP contribution in [0.1, 0.15) is 19.4 Å². The summed E-state index contributed by atoms with van der Waals surface area (Å²) >= 11 is 0. The molecule has 3 heterocycles. The minimum atomic E-state index is -0.132. The fourth-order valence-corrected chi connectivity index (χ4v) is 4.61. The molecule has 0 radical (unpaired) electrons. The maximum absolute atomic E-state index is 12.8. The minimum Gasteiger partial charge on any atom is -0.489 e. The van der Waals surface area contributed by atoms with Gasteiger partial charge in [-0.05, 0) is 43.7 Å². The normalized spacial score (nSPS) is 18.9. The molecule has 4 aromatic rings. The van der Waals surface area contributed by atoms with E-state index in [-0.39, 0.29) is 17.8 Å². The quantitative estimate of drug-likeness (QED) is 0.421. The number of nitrogens with zero attached hydrogens (tertiary/aromatic N) is 4. The molecule has 176 valence electrons. The van der Waals surface area contributed by atoms with Crippen LogP contribution in [0, 0.1) is 0 Å². The molecule has 5 rings (SSSR count). The number of hydrogen-bond donors (Lipinski definition) is 0. The van der Waals surface area contributed by atoms with Crippen LogP contribution < -0.4 is 10.3 Å². The van der Waals surface area contributed by atoms with Crippen LogP contribution in [0.3, 0.4) is 0 Å². The predicted molar refractivity (Wildman–Crippen MR) is 133 cm³/mol. The van der Waals surface area contributed by atoms with E-state index >= 15 is 0 Å². The second-order valence-electron chi connectivity index (χ2n) is 8.97. The summed E-state index contributed by atoms with van der Waals surface area (Å²) in [5.41, 5.74) is 2.80. The van der Waals surface area contributed by atoms with Gasteiger partial charge in [0.2, 0.25) is 0 Å². The standard InChI is InChI=1S/C27H30N4O3/c1-20-17-29(18-21(2)34-20)12-13-31-26-9-8-24(14-23(26)16-28-31)30-11-10-25(15-27(30)32)33-19-22-6-4-3-5-7-22/h3-11,14-16,20-21H,12-13,17-19H2,1-2H3/t20-,21+. The molecule has 2 aromatic heterocycles. The largest absolute Gasteiger partial charge is 0.489 e. The van der Waals surface area contributed by atoms with Crippen molar-refractivity contribution < 1.29 is 9.47 Å². The van der Waals surface area contributed by atoms with Crippen molar-refractivity contribution in [2.75, 3.05) is 19.6 Å². The third-order valence-electron chi connectivity index (χ3n) is 6.17. The molecule has 34 heavy (non-hydrogen) atoms. The molecule has 0 saturated carbocycles. The average Bonchev–Trinajstić information content (AvgIpc) is 3.24. The van der Waals surface area contributed by atoms with Crippen LogP contribution in [0.15, 0.2) is 77.9 Å². The fraction of sp³-hybridized carbons (Fsp3) is 0.333. The molecule has 0 unspecified atom stereocenters. The van der Waals surface area contributed by atoms with E-state index < -0.39 is 0 Å². The van der Waals surface area contributed by atoms with Gasteiger partial charge in [0.15, 0.2) is 0 Å². The van der Waals surface area contributed by atoms with Gasteiger partial charge in [-0.1, -0.05) is 30.3 Å². The lowest BCUT2D eigenvalue weighted by molar-refractivity contribution is -0.0686. The van der Waals surface area contributed by atoms with Crippen molar-refractivity contribution in [3.63, 3.8) is 0 Å². The Morgan fingerprint density at radius 2 is 1.79 bits per heavy atom. The fourth-order valence-electron chi connectivity index (χ4n) is 4.61. The van der Waals surface area contributed by atoms with Crippen LogP contribution in [0.4, 0.5) is 0 Å². The van der Waals surface area contributed by atoms with Gasteiger partial charge < -0.3 is 9.47 Å². The number of benzene rings is 2. The van der Waals surface area contributed by atoms with Crippen molar-refractivity contribution >= 4 is 10.9 Å². The summed E-state index contributed by atoms with van der Waals surface area (Å²) in [5.74, 6) is 0.561. The van der Waals surface area contributed by atoms with E-state index in [0.29, 0.717) is 12.4 Å². The summed E-state index contributed by atoms with van der Waals surface area (Å²) in [7, 11) is 0. The van der Waals surface area contributed by atoms with Crippen molar-refractivity contribution in [1.82, 2.24) is 19.2 Å². The van der Waals surface area contributed by atoms with Crippen molar-refractivity contribution in [2.24, 2.45) is 0 Å². The molecule has 0 amide bonds. The van der Waals surface area contributed by atoms with Crippen LogP contribution >= 0.6 is 0 Å². The Balaban J connectivity index is 1.27. The predicted octanol–water partition coefficient (Wildman–Crippen LogP) is 3.88. The third kappa shape index (κ3) is 5.05. The van der Waals surface area contributed by atoms with E-state index in [1.807, 2.05) is 65.5 Å². The molecular formula is C27H30N4O3. The van der Waals surface area contributed by atoms with E-state index in [1.165, 1.54) is 6.07 Å². The Labute approximate surface area is 199 Å². The highest BCUT2D eigenvalue weighted by Gasteiger charge is 2.22. The number of ether oxygens (including phenoxy) is 2. The van der Waals surface area contributed by atoms with Crippen LogP contribution in [0.2, 0.25) is 0 Å². The van der Waals surface area contributed by atoms with Crippen LogP contribution in [-0.4, -0.2) is 51.1 Å². The lowest BCUT2D eigenvalue weighted by Gasteiger charge is -2.35. The van der Waals surface area contributed by atoms with E-state index in [0.717, 1.165) is 48.3 Å². The summed E-state index contributed by atoms with van der Waals surface area (Å²) in [5, 5.41) is 5.61. The van der Waals surface area contributed by atoms with Crippen molar-refractivity contribution in [2.45, 2.75) is 39.2 Å². The van der Waals surface area contributed by atoms with Crippen LogP contribution in [0.5, 0.6) is 5.75 Å². The van der Waals surface area contributed by atoms with Crippen molar-refractivity contribution in [3.05, 3.63) is 89.0 Å². The second-order valence-corrected chi connectivity index (χ2v) is 8.97. The number of aromatic nitrogens is 3. The lowest BCUT2D eigenvalue weighted by Crippen LogP contribution is -2.46. The Kier molecular flexibility index (Phi) is 6.47. The number of morpholine rings is 1. The van der Waals surface area contributed by atoms with Gasteiger partial charge in [0.05, 0.1) is 30.5 Å². The Hall–Kier alpha value is -3.42. The molecule has 0 N–H and O–H groups in total. The van der Waals surface area contributed by atoms with Gasteiger partial charge >= 0.3 is 0 Å². The zero-order valence-corrected chi connectivity index (χ0v) is 19.6. The summed E-state index contributed by atoms with van der Waals surface area (Å²) in [4.78, 5) is 15.2. The molecule has 2 atom stereocenters. The molecule has 1 saturated heterocycles. The van der Waals surface area contributed by atoms with Gasteiger partial charge in [0.1, 0.15) is 12.4 Å². The highest BCUT2D eigenvalue weighted by molar-refractivity contribution is 5.80. The maximum atomic E-state index is 12.8.